The Labute approximate surface area is 351 Å². The number of hydrogen-bond acceptors (Lipinski definition) is 0. The maximum absolute atomic E-state index is 14.2. The summed E-state index contributed by atoms with van der Waals surface area (Å²) in [5, 5.41) is 0. The zero-order chi connectivity index (χ0) is 43.9. The fourth-order valence-electron chi connectivity index (χ4n) is 6.07. The minimum atomic E-state index is -7.69. The van der Waals surface area contributed by atoms with E-state index in [0.717, 1.165) is 0 Å². The molecule has 0 bridgehead atoms. The third-order valence-corrected chi connectivity index (χ3v) is 13.8. The fourth-order valence-corrected chi connectivity index (χ4v) is 11.8. The number of halogens is 24. The Hall–Kier alpha value is -2.63. The first kappa shape index (κ1) is 49.7. The van der Waals surface area contributed by atoms with Crippen molar-refractivity contribution in [2.75, 3.05) is 0 Å². The van der Waals surface area contributed by atoms with E-state index in [1.165, 1.54) is 0 Å². The predicted octanol–water partition coefficient (Wildman–Crippen LogP) is 8.22. The maximum atomic E-state index is 14.2. The first-order valence-corrected chi connectivity index (χ1v) is 16.9. The standard InChI is InChI=1S/4C8H3F6.Al.K/c4*9-7(10,11)5-2-1-3-6(4-5)8(12,13)14;;/h4*2-4H;;/q;;;;-1;+1. The molecule has 0 aliphatic rings. The molecule has 0 fully saturated rings. The molecule has 4 aromatic carbocycles. The van der Waals surface area contributed by atoms with E-state index in [9.17, 15) is 105 Å². The zero-order valence-corrected chi connectivity index (χ0v) is 31.9. The van der Waals surface area contributed by atoms with E-state index in [0.29, 0.717) is 0 Å². The van der Waals surface area contributed by atoms with Gasteiger partial charge in [-0.25, -0.2) is 17.7 Å². The summed E-state index contributed by atoms with van der Waals surface area (Å²) in [6.45, 7) is 0. The van der Waals surface area contributed by atoms with Crippen molar-refractivity contribution < 1.29 is 157 Å². The van der Waals surface area contributed by atoms with Gasteiger partial charge in [-0.05, 0) is 24.3 Å². The number of benzene rings is 4. The third-order valence-electron chi connectivity index (χ3n) is 8.44. The minimum Gasteiger partial charge on any atom is -0.217 e. The molecule has 0 unspecified atom stereocenters. The van der Waals surface area contributed by atoms with Crippen LogP contribution >= 0.6 is 0 Å². The van der Waals surface area contributed by atoms with Crippen LogP contribution in [0.5, 0.6) is 0 Å². The third kappa shape index (κ3) is 10.6. The first-order chi connectivity index (χ1) is 25.3. The van der Waals surface area contributed by atoms with Crippen molar-refractivity contribution in [3.63, 3.8) is 0 Å². The summed E-state index contributed by atoms with van der Waals surface area (Å²) < 4.78 is 333. The summed E-state index contributed by atoms with van der Waals surface area (Å²) in [4.78, 5) is 0. The van der Waals surface area contributed by atoms with Gasteiger partial charge >= 0.3 is 101 Å². The fraction of sp³-hybridized carbons (Fsp3) is 0.250. The Kier molecular flexibility index (Phi) is 13.4. The summed E-state index contributed by atoms with van der Waals surface area (Å²) in [5.41, 5.74) is -21.1. The molecule has 0 atom stereocenters. The first-order valence-electron chi connectivity index (χ1n) is 14.6. The van der Waals surface area contributed by atoms with E-state index < -0.39 is 197 Å². The molecule has 0 radical (unpaired) electrons. The van der Waals surface area contributed by atoms with Gasteiger partial charge in [-0.2, -0.15) is 105 Å². The van der Waals surface area contributed by atoms with Crippen LogP contribution in [-0.2, 0) is 49.4 Å². The summed E-state index contributed by atoms with van der Waals surface area (Å²) in [6, 6.07) is -8.37. The van der Waals surface area contributed by atoms with Crippen molar-refractivity contribution in [3.05, 3.63) is 117 Å². The van der Waals surface area contributed by atoms with Crippen molar-refractivity contribution in [2.45, 2.75) is 49.4 Å². The number of alkyl halides is 24. The molecule has 0 aliphatic carbocycles. The van der Waals surface area contributed by atoms with Crippen LogP contribution < -0.4 is 69.1 Å². The van der Waals surface area contributed by atoms with Gasteiger partial charge < -0.3 is 0 Å². The number of hydrogen-bond donors (Lipinski definition) is 0. The van der Waals surface area contributed by atoms with Crippen LogP contribution in [-0.4, -0.2) is 13.1 Å². The van der Waals surface area contributed by atoms with Gasteiger partial charge in [0, 0.05) is 0 Å². The Bertz CT molecular complexity index is 1700. The Morgan fingerprint density at radius 2 is 0.310 bits per heavy atom. The van der Waals surface area contributed by atoms with Crippen molar-refractivity contribution in [1.29, 1.82) is 0 Å². The van der Waals surface area contributed by atoms with Crippen LogP contribution in [0.2, 0.25) is 0 Å². The minimum absolute atomic E-state index is 0. The second-order valence-electron chi connectivity index (χ2n) is 12.2. The smallest absolute Gasteiger partial charge is 0.217 e. The quantitative estimate of drug-likeness (QED) is 0.143. The predicted molar refractivity (Wildman–Crippen MR) is 150 cm³/mol. The Morgan fingerprint density at radius 1 is 0.207 bits per heavy atom. The number of rotatable bonds is 4. The van der Waals surface area contributed by atoms with Crippen LogP contribution in [0.25, 0.3) is 0 Å². The second kappa shape index (κ2) is 15.7. The van der Waals surface area contributed by atoms with Gasteiger partial charge in [-0.15, -0.1) is 0 Å². The molecule has 58 heavy (non-hydrogen) atoms. The van der Waals surface area contributed by atoms with Crippen molar-refractivity contribution in [1.82, 2.24) is 0 Å². The van der Waals surface area contributed by atoms with Crippen LogP contribution in [0.4, 0.5) is 105 Å². The molecule has 4 aromatic rings. The van der Waals surface area contributed by atoms with Crippen molar-refractivity contribution in [3.8, 4) is 0 Å². The molecular formula is C32H12AlF24K. The summed E-state index contributed by atoms with van der Waals surface area (Å²) in [5.74, 6) is 0. The van der Waals surface area contributed by atoms with E-state index in [2.05, 4.69) is 0 Å². The Morgan fingerprint density at radius 3 is 0.397 bits per heavy atom. The molecular weight excluding hydrogens is 906 g/mol. The SMILES string of the molecule is FC(F)(F)c1cc(C(F)(F)F)c[c]([Al-]([c]2cc(C(F)(F)F)cc(C(F)(F)F)c2)([c]2cc(C(F)(F)F)cc(C(F)(F)F)c2)[c]2cc(C(F)(F)F)cc(C(F)(F)F)c2)c1.[K+]. The molecule has 0 heterocycles. The van der Waals surface area contributed by atoms with E-state index >= 15 is 0 Å². The van der Waals surface area contributed by atoms with Gasteiger partial charge in [0.2, 0.25) is 0 Å². The average Bonchev–Trinajstić information content (AvgIpc) is 3.01. The molecule has 0 saturated heterocycles. The van der Waals surface area contributed by atoms with Gasteiger partial charge in [0.15, 0.2) is 0 Å². The van der Waals surface area contributed by atoms with E-state index in [1.54, 1.807) is 0 Å². The maximum Gasteiger partial charge on any atom is 1.00 e. The van der Waals surface area contributed by atoms with Gasteiger partial charge in [-0.3, -0.25) is 0 Å². The summed E-state index contributed by atoms with van der Waals surface area (Å²) >= 11 is -7.69. The monoisotopic (exact) mass is 918 g/mol. The summed E-state index contributed by atoms with van der Waals surface area (Å²) in [7, 11) is 0. The van der Waals surface area contributed by atoms with Crippen molar-refractivity contribution >= 4 is 30.8 Å². The summed E-state index contributed by atoms with van der Waals surface area (Å²) in [6.07, 6.45) is -48.9. The largest absolute Gasteiger partial charge is 1.00 e. The second-order valence-corrected chi connectivity index (χ2v) is 16.6. The topological polar surface area (TPSA) is 0 Å². The van der Waals surface area contributed by atoms with Gasteiger partial charge in [0.05, 0.1) is 44.5 Å². The van der Waals surface area contributed by atoms with Gasteiger partial charge in [-0.1, -0.05) is 48.5 Å². The molecule has 26 heteroatoms. The molecule has 0 spiro atoms. The normalized spacial score (nSPS) is 14.1. The molecule has 0 saturated carbocycles. The molecule has 312 valence electrons. The van der Waals surface area contributed by atoms with E-state index in [-0.39, 0.29) is 51.4 Å². The average molecular weight is 918 g/mol. The van der Waals surface area contributed by atoms with Gasteiger partial charge in [0.1, 0.15) is 0 Å². The molecule has 0 aliphatic heterocycles. The zero-order valence-electron chi connectivity index (χ0n) is 27.6. The van der Waals surface area contributed by atoms with Crippen molar-refractivity contribution in [2.24, 2.45) is 0 Å². The van der Waals surface area contributed by atoms with Crippen LogP contribution in [0.1, 0.15) is 44.5 Å². The molecule has 0 nitrogen and oxygen atoms in total. The Balaban J connectivity index is 0.00000900. The van der Waals surface area contributed by atoms with E-state index in [1.807, 2.05) is 0 Å². The van der Waals surface area contributed by atoms with Crippen LogP contribution in [0.15, 0.2) is 72.8 Å². The van der Waals surface area contributed by atoms with E-state index in [4.69, 9.17) is 0 Å². The molecule has 4 rings (SSSR count). The van der Waals surface area contributed by atoms with Crippen LogP contribution in [0, 0.1) is 0 Å². The van der Waals surface area contributed by atoms with Crippen LogP contribution in [0.3, 0.4) is 0 Å². The molecule has 0 amide bonds. The van der Waals surface area contributed by atoms with Gasteiger partial charge in [0.25, 0.3) is 13.1 Å². The molecule has 0 aromatic heterocycles. The molecule has 0 N–H and O–H groups in total.